The maximum absolute atomic E-state index is 4.30. The summed E-state index contributed by atoms with van der Waals surface area (Å²) in [5.74, 6) is 0.884. The normalized spacial score (nSPS) is 13.5. The maximum atomic E-state index is 4.30. The second kappa shape index (κ2) is 5.05. The molecule has 0 spiro atoms. The maximum Gasteiger partial charge on any atom is 0.168 e. The van der Waals surface area contributed by atoms with E-state index in [2.05, 4.69) is 45.8 Å². The average molecular weight is 276 g/mol. The zero-order chi connectivity index (χ0) is 14.1. The molecular weight excluding hydrogens is 260 g/mol. The first-order valence-electron chi connectivity index (χ1n) is 7.24. The molecule has 4 rings (SSSR count). The topological polar surface area (TPSA) is 42.7 Å². The van der Waals surface area contributed by atoms with Crippen LogP contribution in [0.3, 0.4) is 0 Å². The van der Waals surface area contributed by atoms with Crippen molar-refractivity contribution in [1.29, 1.82) is 0 Å². The number of hydrogen-bond acceptors (Lipinski definition) is 3. The van der Waals surface area contributed by atoms with E-state index in [4.69, 9.17) is 0 Å². The number of para-hydroxylation sites is 1. The van der Waals surface area contributed by atoms with E-state index in [-0.39, 0.29) is 0 Å². The van der Waals surface area contributed by atoms with Gasteiger partial charge in [-0.2, -0.15) is 0 Å². The summed E-state index contributed by atoms with van der Waals surface area (Å²) in [6, 6.07) is 16.7. The lowest BCUT2D eigenvalue weighted by atomic mass is 10.0. The lowest BCUT2D eigenvalue weighted by molar-refractivity contribution is 0.830. The van der Waals surface area contributed by atoms with Gasteiger partial charge in [-0.1, -0.05) is 18.2 Å². The van der Waals surface area contributed by atoms with Crippen molar-refractivity contribution in [3.63, 3.8) is 0 Å². The molecule has 0 saturated carbocycles. The van der Waals surface area contributed by atoms with Crippen LogP contribution < -0.4 is 5.32 Å². The molecule has 21 heavy (non-hydrogen) atoms. The number of nitrogens with zero attached hydrogens (tertiary/aromatic N) is 3. The van der Waals surface area contributed by atoms with Gasteiger partial charge in [-0.25, -0.2) is 0 Å². The van der Waals surface area contributed by atoms with Gasteiger partial charge in [0.1, 0.15) is 6.33 Å². The van der Waals surface area contributed by atoms with Crippen molar-refractivity contribution in [3.8, 4) is 17.1 Å². The number of hydrogen-bond donors (Lipinski definition) is 1. The Hall–Kier alpha value is -2.62. The van der Waals surface area contributed by atoms with E-state index >= 15 is 0 Å². The summed E-state index contributed by atoms with van der Waals surface area (Å²) >= 11 is 0. The Bertz CT molecular complexity index is 761. The molecule has 1 aromatic heterocycles. The van der Waals surface area contributed by atoms with E-state index in [0.29, 0.717) is 0 Å². The standard InChI is InChI=1S/C17H16N4/c1-2-6-15(7-3-1)21-12-19-20-17(21)14-8-9-16-13(11-14)5-4-10-18-16/h1-3,6-9,11-12,18H,4-5,10H2. The predicted octanol–water partition coefficient (Wildman–Crippen LogP) is 3.29. The largest absolute Gasteiger partial charge is 0.385 e. The van der Waals surface area contributed by atoms with Crippen molar-refractivity contribution in [2.24, 2.45) is 0 Å². The molecule has 4 nitrogen and oxygen atoms in total. The molecule has 4 heteroatoms. The monoisotopic (exact) mass is 276 g/mol. The molecule has 0 bridgehead atoms. The zero-order valence-electron chi connectivity index (χ0n) is 11.7. The molecule has 104 valence electrons. The van der Waals surface area contributed by atoms with Crippen molar-refractivity contribution >= 4 is 5.69 Å². The number of rotatable bonds is 2. The number of fused-ring (bicyclic) bond motifs is 1. The number of aryl methyl sites for hydroxylation is 1. The van der Waals surface area contributed by atoms with Crippen molar-refractivity contribution < 1.29 is 0 Å². The number of benzene rings is 2. The fourth-order valence-corrected chi connectivity index (χ4v) is 2.82. The highest BCUT2D eigenvalue weighted by Crippen LogP contribution is 2.28. The second-order valence-corrected chi connectivity index (χ2v) is 5.26. The summed E-state index contributed by atoms with van der Waals surface area (Å²) in [6.07, 6.45) is 4.07. The SMILES string of the molecule is c1ccc(-n2cnnc2-c2ccc3c(c2)CCCN3)cc1. The fourth-order valence-electron chi connectivity index (χ4n) is 2.82. The smallest absolute Gasteiger partial charge is 0.168 e. The minimum Gasteiger partial charge on any atom is -0.385 e. The van der Waals surface area contributed by atoms with Gasteiger partial charge in [-0.15, -0.1) is 10.2 Å². The van der Waals surface area contributed by atoms with Crippen LogP contribution in [0.25, 0.3) is 17.1 Å². The molecule has 3 aromatic rings. The molecule has 1 N–H and O–H groups in total. The van der Waals surface area contributed by atoms with E-state index in [1.807, 2.05) is 22.8 Å². The van der Waals surface area contributed by atoms with Gasteiger partial charge in [0.25, 0.3) is 0 Å². The van der Waals surface area contributed by atoms with Crippen LogP contribution in [-0.4, -0.2) is 21.3 Å². The molecule has 2 heterocycles. The Morgan fingerprint density at radius 2 is 1.95 bits per heavy atom. The number of nitrogens with one attached hydrogen (secondary N) is 1. The molecule has 0 saturated heterocycles. The van der Waals surface area contributed by atoms with Gasteiger partial charge in [-0.05, 0) is 48.7 Å². The quantitative estimate of drug-likeness (QED) is 0.781. The van der Waals surface area contributed by atoms with E-state index < -0.39 is 0 Å². The van der Waals surface area contributed by atoms with Gasteiger partial charge in [-0.3, -0.25) is 4.57 Å². The highest BCUT2D eigenvalue weighted by molar-refractivity contribution is 5.66. The Kier molecular flexibility index (Phi) is 2.92. The minimum absolute atomic E-state index is 0.884. The lowest BCUT2D eigenvalue weighted by Crippen LogP contribution is -2.11. The molecule has 0 unspecified atom stereocenters. The molecule has 1 aliphatic heterocycles. The van der Waals surface area contributed by atoms with Crippen molar-refractivity contribution in [1.82, 2.24) is 14.8 Å². The van der Waals surface area contributed by atoms with E-state index in [1.54, 1.807) is 6.33 Å². The first-order valence-corrected chi connectivity index (χ1v) is 7.24. The van der Waals surface area contributed by atoms with E-state index in [0.717, 1.165) is 30.0 Å². The van der Waals surface area contributed by atoms with Crippen LogP contribution in [0.2, 0.25) is 0 Å². The van der Waals surface area contributed by atoms with Crippen molar-refractivity contribution in [2.45, 2.75) is 12.8 Å². The summed E-state index contributed by atoms with van der Waals surface area (Å²) in [5, 5.41) is 11.8. The van der Waals surface area contributed by atoms with Crippen LogP contribution in [-0.2, 0) is 6.42 Å². The first kappa shape index (κ1) is 12.1. The van der Waals surface area contributed by atoms with Crippen LogP contribution in [0, 0.1) is 0 Å². The fraction of sp³-hybridized carbons (Fsp3) is 0.176. The van der Waals surface area contributed by atoms with Crippen LogP contribution in [0.1, 0.15) is 12.0 Å². The molecule has 1 aliphatic rings. The highest BCUT2D eigenvalue weighted by atomic mass is 15.3. The van der Waals surface area contributed by atoms with Gasteiger partial charge in [0.05, 0.1) is 0 Å². The van der Waals surface area contributed by atoms with Gasteiger partial charge in [0.2, 0.25) is 0 Å². The first-order chi connectivity index (χ1) is 10.4. The van der Waals surface area contributed by atoms with Crippen LogP contribution in [0.4, 0.5) is 5.69 Å². The summed E-state index contributed by atoms with van der Waals surface area (Å²) in [4.78, 5) is 0. The third-order valence-electron chi connectivity index (χ3n) is 3.88. The molecule has 0 radical (unpaired) electrons. The Morgan fingerprint density at radius 1 is 1.05 bits per heavy atom. The Labute approximate surface area is 123 Å². The van der Waals surface area contributed by atoms with Crippen LogP contribution in [0.15, 0.2) is 54.9 Å². The Balaban J connectivity index is 1.80. The number of aromatic nitrogens is 3. The molecule has 0 fully saturated rings. The second-order valence-electron chi connectivity index (χ2n) is 5.26. The summed E-state index contributed by atoms with van der Waals surface area (Å²) in [5.41, 5.74) is 4.80. The summed E-state index contributed by atoms with van der Waals surface area (Å²) in [6.45, 7) is 1.06. The van der Waals surface area contributed by atoms with E-state index in [1.165, 1.54) is 17.7 Å². The van der Waals surface area contributed by atoms with Crippen LogP contribution in [0.5, 0.6) is 0 Å². The third-order valence-corrected chi connectivity index (χ3v) is 3.88. The lowest BCUT2D eigenvalue weighted by Gasteiger charge is -2.18. The average Bonchev–Trinajstić information content (AvgIpc) is 3.05. The molecule has 2 aromatic carbocycles. The number of anilines is 1. The van der Waals surface area contributed by atoms with Gasteiger partial charge < -0.3 is 5.32 Å². The van der Waals surface area contributed by atoms with Gasteiger partial charge in [0, 0.05) is 23.5 Å². The van der Waals surface area contributed by atoms with Gasteiger partial charge >= 0.3 is 0 Å². The highest BCUT2D eigenvalue weighted by Gasteiger charge is 2.13. The van der Waals surface area contributed by atoms with Crippen molar-refractivity contribution in [3.05, 3.63) is 60.4 Å². The molecule has 0 aliphatic carbocycles. The minimum atomic E-state index is 0.884. The molecule has 0 amide bonds. The summed E-state index contributed by atoms with van der Waals surface area (Å²) in [7, 11) is 0. The summed E-state index contributed by atoms with van der Waals surface area (Å²) < 4.78 is 2.03. The van der Waals surface area contributed by atoms with Gasteiger partial charge in [0.15, 0.2) is 5.82 Å². The van der Waals surface area contributed by atoms with Crippen molar-refractivity contribution in [2.75, 3.05) is 11.9 Å². The van der Waals surface area contributed by atoms with Crippen LogP contribution >= 0.6 is 0 Å². The third kappa shape index (κ3) is 2.18. The molecule has 0 atom stereocenters. The van der Waals surface area contributed by atoms with E-state index in [9.17, 15) is 0 Å². The molecular formula is C17H16N4. The Morgan fingerprint density at radius 3 is 2.86 bits per heavy atom. The zero-order valence-corrected chi connectivity index (χ0v) is 11.7. The predicted molar refractivity (Wildman–Crippen MR) is 83.6 cm³/mol.